The maximum atomic E-state index is 4.06. The van der Waals surface area contributed by atoms with E-state index in [1.54, 1.807) is 0 Å². The van der Waals surface area contributed by atoms with Crippen molar-refractivity contribution in [3.05, 3.63) is 230 Å². The third kappa shape index (κ3) is 7.03. The highest BCUT2D eigenvalue weighted by Gasteiger charge is 2.45. The first-order chi connectivity index (χ1) is 27.2. The lowest BCUT2D eigenvalue weighted by molar-refractivity contribution is 0.317. The molecule has 0 aromatic heterocycles. The summed E-state index contributed by atoms with van der Waals surface area (Å²) in [5.41, 5.74) is 12.9. The van der Waals surface area contributed by atoms with E-state index in [1.165, 1.54) is 27.8 Å². The van der Waals surface area contributed by atoms with Gasteiger partial charge < -0.3 is 9.80 Å². The molecule has 7 aromatic carbocycles. The van der Waals surface area contributed by atoms with Crippen LogP contribution in [-0.2, 0) is 5.41 Å². The van der Waals surface area contributed by atoms with Crippen LogP contribution in [0.2, 0.25) is 0 Å². The number of fused-ring (bicyclic) bond motifs is 3. The Labute approximate surface area is 326 Å². The van der Waals surface area contributed by atoms with Gasteiger partial charge in [-0.2, -0.15) is 0 Å². The van der Waals surface area contributed by atoms with Gasteiger partial charge >= 0.3 is 0 Å². The molecule has 0 atom stereocenters. The monoisotopic (exact) mass is 713 g/mol. The Hall–Kier alpha value is -6.42. The number of nitrogens with zero attached hydrogens (tertiary/aromatic N) is 3. The van der Waals surface area contributed by atoms with Gasteiger partial charge in [-0.1, -0.05) is 127 Å². The van der Waals surface area contributed by atoms with Gasteiger partial charge in [0.25, 0.3) is 0 Å². The lowest BCUT2D eigenvalue weighted by Gasteiger charge is -2.36. The van der Waals surface area contributed by atoms with Crippen LogP contribution in [0.1, 0.15) is 29.5 Å². The quantitative estimate of drug-likeness (QED) is 0.0980. The van der Waals surface area contributed by atoms with Crippen molar-refractivity contribution in [2.24, 2.45) is 0 Å². The van der Waals surface area contributed by atoms with Crippen LogP contribution in [0, 0.1) is 0 Å². The van der Waals surface area contributed by atoms with Crippen LogP contribution < -0.4 is 9.80 Å². The molecule has 0 unspecified atom stereocenters. The number of hydrogen-bond acceptors (Lipinski definition) is 3. The molecule has 0 amide bonds. The highest BCUT2D eigenvalue weighted by atomic mass is 15.1. The van der Waals surface area contributed by atoms with Crippen molar-refractivity contribution in [1.29, 1.82) is 0 Å². The zero-order chi connectivity index (χ0) is 37.5. The molecule has 0 fully saturated rings. The SMILES string of the molecule is C=CCN(CC=C)CCCC1(c2ccccc2)c2cc(N(c3ccccc3)c3ccccc3)ccc2-c2ccc(N(c3ccccc3)c3ccccc3)cc21. The van der Waals surface area contributed by atoms with Gasteiger partial charge in [-0.3, -0.25) is 4.90 Å². The molecule has 0 radical (unpaired) electrons. The zero-order valence-electron chi connectivity index (χ0n) is 31.3. The summed E-state index contributed by atoms with van der Waals surface area (Å²) in [7, 11) is 0. The van der Waals surface area contributed by atoms with E-state index in [4.69, 9.17) is 0 Å². The van der Waals surface area contributed by atoms with E-state index >= 15 is 0 Å². The van der Waals surface area contributed by atoms with Crippen molar-refractivity contribution in [2.75, 3.05) is 29.4 Å². The van der Waals surface area contributed by atoms with E-state index in [2.05, 4.69) is 216 Å². The first-order valence-electron chi connectivity index (χ1n) is 19.3. The fraction of sp³-hybridized carbons (Fsp3) is 0.115. The molecule has 8 rings (SSSR count). The zero-order valence-corrected chi connectivity index (χ0v) is 31.3. The summed E-state index contributed by atoms with van der Waals surface area (Å²) < 4.78 is 0. The van der Waals surface area contributed by atoms with Gasteiger partial charge in [0, 0.05) is 52.6 Å². The van der Waals surface area contributed by atoms with Crippen molar-refractivity contribution >= 4 is 34.1 Å². The van der Waals surface area contributed by atoms with Crippen LogP contribution >= 0.6 is 0 Å². The summed E-state index contributed by atoms with van der Waals surface area (Å²) in [5, 5.41) is 0. The smallest absolute Gasteiger partial charge is 0.0465 e. The molecule has 0 saturated carbocycles. The molecule has 0 saturated heterocycles. The summed E-state index contributed by atoms with van der Waals surface area (Å²) in [4.78, 5) is 7.20. The van der Waals surface area contributed by atoms with Crippen LogP contribution in [0.5, 0.6) is 0 Å². The number of anilines is 6. The van der Waals surface area contributed by atoms with Crippen molar-refractivity contribution in [3.63, 3.8) is 0 Å². The molecule has 0 spiro atoms. The second-order valence-electron chi connectivity index (χ2n) is 14.2. The Morgan fingerprint density at radius 1 is 0.418 bits per heavy atom. The summed E-state index contributed by atoms with van der Waals surface area (Å²) >= 11 is 0. The second-order valence-corrected chi connectivity index (χ2v) is 14.2. The second kappa shape index (κ2) is 16.3. The topological polar surface area (TPSA) is 9.72 Å². The van der Waals surface area contributed by atoms with Crippen LogP contribution in [0.3, 0.4) is 0 Å². The number of hydrogen-bond donors (Lipinski definition) is 0. The maximum absolute atomic E-state index is 4.06. The highest BCUT2D eigenvalue weighted by Crippen LogP contribution is 2.57. The van der Waals surface area contributed by atoms with E-state index in [9.17, 15) is 0 Å². The third-order valence-corrected chi connectivity index (χ3v) is 10.9. The Morgan fingerprint density at radius 3 is 1.15 bits per heavy atom. The predicted molar refractivity (Wildman–Crippen MR) is 234 cm³/mol. The number of para-hydroxylation sites is 4. The maximum Gasteiger partial charge on any atom is 0.0465 e. The summed E-state index contributed by atoms with van der Waals surface area (Å²) in [5.74, 6) is 0. The van der Waals surface area contributed by atoms with Gasteiger partial charge in [-0.15, -0.1) is 13.2 Å². The third-order valence-electron chi connectivity index (χ3n) is 10.9. The Morgan fingerprint density at radius 2 is 0.782 bits per heavy atom. The van der Waals surface area contributed by atoms with E-state index in [0.717, 1.165) is 66.6 Å². The minimum absolute atomic E-state index is 0.413. The normalized spacial score (nSPS) is 12.5. The van der Waals surface area contributed by atoms with Gasteiger partial charge in [0.05, 0.1) is 0 Å². The summed E-state index contributed by atoms with van der Waals surface area (Å²) in [6.07, 6.45) is 5.92. The van der Waals surface area contributed by atoms with Crippen molar-refractivity contribution < 1.29 is 0 Å². The lowest BCUT2D eigenvalue weighted by Crippen LogP contribution is -2.31. The first-order valence-corrected chi connectivity index (χ1v) is 19.3. The number of rotatable bonds is 15. The van der Waals surface area contributed by atoms with Gasteiger partial charge in [0.15, 0.2) is 0 Å². The Kier molecular flexibility index (Phi) is 10.6. The molecular weight excluding hydrogens is 667 g/mol. The fourth-order valence-electron chi connectivity index (χ4n) is 8.50. The van der Waals surface area contributed by atoms with Crippen LogP contribution in [0.25, 0.3) is 11.1 Å². The van der Waals surface area contributed by atoms with Crippen molar-refractivity contribution in [1.82, 2.24) is 4.90 Å². The minimum Gasteiger partial charge on any atom is -0.310 e. The molecule has 3 heteroatoms. The van der Waals surface area contributed by atoms with Crippen molar-refractivity contribution in [2.45, 2.75) is 18.3 Å². The van der Waals surface area contributed by atoms with E-state index in [0.29, 0.717) is 0 Å². The largest absolute Gasteiger partial charge is 0.310 e. The molecule has 0 bridgehead atoms. The predicted octanol–water partition coefficient (Wildman–Crippen LogP) is 13.4. The molecule has 1 aliphatic rings. The van der Waals surface area contributed by atoms with E-state index in [-0.39, 0.29) is 0 Å². The molecule has 1 aliphatic carbocycles. The lowest BCUT2D eigenvalue weighted by atomic mass is 9.69. The Bertz CT molecular complexity index is 2120. The molecule has 270 valence electrons. The molecule has 55 heavy (non-hydrogen) atoms. The van der Waals surface area contributed by atoms with Gasteiger partial charge in [-0.05, 0) is 120 Å². The summed E-state index contributed by atoms with van der Waals surface area (Å²) in [6.45, 7) is 10.7. The molecule has 3 nitrogen and oxygen atoms in total. The standard InChI is InChI=1S/C52H47N3/c1-3-36-53(37-4-2)38-20-35-52(41-21-10-5-11-22-41)50-39-46(54(42-23-12-6-13-24-42)43-25-14-7-15-26-43)31-33-48(50)49-34-32-47(40-51(49)52)55(44-27-16-8-17-28-44)45-29-18-9-19-30-45/h3-19,21-34,39-40H,1-2,20,35-38H2. The van der Waals surface area contributed by atoms with Crippen LogP contribution in [0.15, 0.2) is 213 Å². The molecule has 0 aliphatic heterocycles. The van der Waals surface area contributed by atoms with E-state index < -0.39 is 5.41 Å². The Balaban J connectivity index is 1.35. The summed E-state index contributed by atoms with van der Waals surface area (Å²) in [6, 6.07) is 68.3. The highest BCUT2D eigenvalue weighted by molar-refractivity contribution is 5.90. The molecule has 7 aromatic rings. The van der Waals surface area contributed by atoms with Crippen LogP contribution in [0.4, 0.5) is 34.1 Å². The van der Waals surface area contributed by atoms with Crippen LogP contribution in [-0.4, -0.2) is 24.5 Å². The fourth-order valence-corrected chi connectivity index (χ4v) is 8.50. The van der Waals surface area contributed by atoms with E-state index in [1.807, 2.05) is 12.2 Å². The first kappa shape index (κ1) is 35.6. The molecule has 0 N–H and O–H groups in total. The van der Waals surface area contributed by atoms with Gasteiger partial charge in [-0.25, -0.2) is 0 Å². The van der Waals surface area contributed by atoms with Gasteiger partial charge in [0.1, 0.15) is 0 Å². The average Bonchev–Trinajstić information content (AvgIpc) is 3.52. The molecular formula is C52H47N3. The molecule has 0 heterocycles. The van der Waals surface area contributed by atoms with Gasteiger partial charge in [0.2, 0.25) is 0 Å². The average molecular weight is 714 g/mol. The number of benzene rings is 7. The van der Waals surface area contributed by atoms with Crippen molar-refractivity contribution in [3.8, 4) is 11.1 Å². The minimum atomic E-state index is -0.413.